The van der Waals surface area contributed by atoms with Crippen molar-refractivity contribution in [3.63, 3.8) is 0 Å². The average molecular weight is 283 g/mol. The summed E-state index contributed by atoms with van der Waals surface area (Å²) in [7, 11) is -3.17. The molecule has 0 saturated carbocycles. The summed E-state index contributed by atoms with van der Waals surface area (Å²) in [5.74, 6) is 0.703. The largest absolute Gasteiger partial charge is 0.312 e. The van der Waals surface area contributed by atoms with Crippen molar-refractivity contribution in [2.24, 2.45) is 0 Å². The van der Waals surface area contributed by atoms with Gasteiger partial charge in [-0.1, -0.05) is 13.8 Å². The molecule has 0 aromatic carbocycles. The molecular weight excluding hydrogens is 262 g/mol. The van der Waals surface area contributed by atoms with Gasteiger partial charge in [0.1, 0.15) is 11.1 Å². The highest BCUT2D eigenvalue weighted by Crippen LogP contribution is 2.26. The smallest absolute Gasteiger partial charge is 0.157 e. The van der Waals surface area contributed by atoms with Crippen molar-refractivity contribution in [1.82, 2.24) is 15.3 Å². The molecule has 0 saturated heterocycles. The predicted octanol–water partition coefficient (Wildman–Crippen LogP) is 1.35. The van der Waals surface area contributed by atoms with Crippen molar-refractivity contribution in [2.45, 2.75) is 44.9 Å². The fourth-order valence-electron chi connectivity index (χ4n) is 2.24. The van der Waals surface area contributed by atoms with Gasteiger partial charge in [-0.15, -0.1) is 0 Å². The third-order valence-corrected chi connectivity index (χ3v) is 5.03. The van der Waals surface area contributed by atoms with E-state index >= 15 is 0 Å². The molecule has 0 bridgehead atoms. The summed E-state index contributed by atoms with van der Waals surface area (Å²) in [6, 6.07) is 0. The van der Waals surface area contributed by atoms with Gasteiger partial charge in [0, 0.05) is 31.3 Å². The first kappa shape index (κ1) is 14.4. The van der Waals surface area contributed by atoms with Crippen LogP contribution in [0.5, 0.6) is 0 Å². The maximum atomic E-state index is 11.7. The van der Waals surface area contributed by atoms with Crippen LogP contribution in [0.1, 0.15) is 54.7 Å². The first-order valence-corrected chi connectivity index (χ1v) is 8.55. The predicted molar refractivity (Wildman–Crippen MR) is 74.8 cm³/mol. The van der Waals surface area contributed by atoms with Gasteiger partial charge in [0.25, 0.3) is 0 Å². The number of nitrogens with one attached hydrogen (secondary N) is 1. The number of sulfone groups is 1. The van der Waals surface area contributed by atoms with Crippen LogP contribution >= 0.6 is 0 Å². The lowest BCUT2D eigenvalue weighted by Gasteiger charge is -2.22. The van der Waals surface area contributed by atoms with Crippen molar-refractivity contribution >= 4 is 9.84 Å². The van der Waals surface area contributed by atoms with Gasteiger partial charge in [0.2, 0.25) is 0 Å². The highest BCUT2D eigenvalue weighted by molar-refractivity contribution is 7.90. The molecule has 1 aliphatic rings. The maximum Gasteiger partial charge on any atom is 0.157 e. The molecule has 5 nitrogen and oxygen atoms in total. The van der Waals surface area contributed by atoms with Gasteiger partial charge in [-0.25, -0.2) is 18.4 Å². The van der Waals surface area contributed by atoms with E-state index in [2.05, 4.69) is 29.1 Å². The summed E-state index contributed by atoms with van der Waals surface area (Å²) in [5, 5.41) is 2.67. The molecule has 19 heavy (non-hydrogen) atoms. The summed E-state index contributed by atoms with van der Waals surface area (Å²) >= 11 is 0. The normalized spacial score (nSPS) is 17.3. The first-order chi connectivity index (χ1) is 8.80. The molecular formula is C13H21N3O2S. The van der Waals surface area contributed by atoms with E-state index in [-0.39, 0.29) is 5.92 Å². The van der Waals surface area contributed by atoms with Crippen molar-refractivity contribution in [3.8, 4) is 0 Å². The molecule has 1 N–H and O–H groups in total. The summed E-state index contributed by atoms with van der Waals surface area (Å²) in [6.45, 7) is 7.46. The van der Waals surface area contributed by atoms with E-state index in [1.54, 1.807) is 6.92 Å². The van der Waals surface area contributed by atoms with Crippen LogP contribution in [-0.4, -0.2) is 31.2 Å². The zero-order chi connectivity index (χ0) is 14.2. The van der Waals surface area contributed by atoms with Crippen LogP contribution in [-0.2, 0) is 22.8 Å². The third-order valence-electron chi connectivity index (χ3n) is 3.54. The van der Waals surface area contributed by atoms with Gasteiger partial charge in [0.15, 0.2) is 9.84 Å². The van der Waals surface area contributed by atoms with E-state index < -0.39 is 15.1 Å². The number of aromatic nitrogens is 2. The summed E-state index contributed by atoms with van der Waals surface area (Å²) < 4.78 is 23.4. The monoisotopic (exact) mass is 283 g/mol. The molecule has 1 aromatic rings. The Balaban J connectivity index is 2.56. The minimum atomic E-state index is -3.17. The lowest BCUT2D eigenvalue weighted by atomic mass is 9.98. The topological polar surface area (TPSA) is 72.0 Å². The molecule has 1 unspecified atom stereocenters. The standard InChI is InChI=1S/C13H21N3O2S/c1-8(2)12-10-7-14-6-5-11(10)15-13(16-12)9(3)19(4,17)18/h8-9,14H,5-7H2,1-4H3. The molecule has 1 atom stereocenters. The fraction of sp³-hybridized carbons (Fsp3) is 0.692. The SMILES string of the molecule is CC(C)c1nc(C(C)S(C)(=O)=O)nc2c1CNCC2. The number of fused-ring (bicyclic) bond motifs is 1. The zero-order valence-electron chi connectivity index (χ0n) is 11.9. The summed E-state index contributed by atoms with van der Waals surface area (Å²) in [6.07, 6.45) is 2.07. The van der Waals surface area contributed by atoms with Crippen LogP contribution in [0.2, 0.25) is 0 Å². The van der Waals surface area contributed by atoms with E-state index in [1.165, 1.54) is 6.26 Å². The Labute approximate surface area is 114 Å². The third kappa shape index (κ3) is 2.95. The van der Waals surface area contributed by atoms with E-state index in [0.717, 1.165) is 36.5 Å². The quantitative estimate of drug-likeness (QED) is 0.906. The molecule has 0 spiro atoms. The fourth-order valence-corrected chi connectivity index (χ4v) is 2.73. The van der Waals surface area contributed by atoms with Gasteiger partial charge in [-0.05, 0) is 12.8 Å². The van der Waals surface area contributed by atoms with E-state index in [4.69, 9.17) is 0 Å². The van der Waals surface area contributed by atoms with Gasteiger partial charge < -0.3 is 5.32 Å². The Morgan fingerprint density at radius 1 is 1.21 bits per heavy atom. The van der Waals surface area contributed by atoms with E-state index in [0.29, 0.717) is 5.82 Å². The minimum absolute atomic E-state index is 0.266. The van der Waals surface area contributed by atoms with Crippen molar-refractivity contribution in [3.05, 3.63) is 22.8 Å². The lowest BCUT2D eigenvalue weighted by molar-refractivity contribution is 0.579. The number of nitrogens with zero attached hydrogens (tertiary/aromatic N) is 2. The van der Waals surface area contributed by atoms with Crippen molar-refractivity contribution in [1.29, 1.82) is 0 Å². The lowest BCUT2D eigenvalue weighted by Crippen LogP contribution is -2.28. The highest BCUT2D eigenvalue weighted by Gasteiger charge is 2.25. The Kier molecular flexibility index (Phi) is 3.92. The van der Waals surface area contributed by atoms with Crippen LogP contribution in [0.3, 0.4) is 0 Å². The van der Waals surface area contributed by atoms with Gasteiger partial charge in [-0.3, -0.25) is 0 Å². The highest BCUT2D eigenvalue weighted by atomic mass is 32.2. The molecule has 1 aromatic heterocycles. The second kappa shape index (κ2) is 5.17. The minimum Gasteiger partial charge on any atom is -0.312 e. The molecule has 0 radical (unpaired) electrons. The number of rotatable bonds is 3. The molecule has 0 amide bonds. The molecule has 2 rings (SSSR count). The average Bonchev–Trinajstić information content (AvgIpc) is 2.35. The number of hydrogen-bond acceptors (Lipinski definition) is 5. The summed E-state index contributed by atoms with van der Waals surface area (Å²) in [4.78, 5) is 9.01. The van der Waals surface area contributed by atoms with Crippen LogP contribution in [0.15, 0.2) is 0 Å². The molecule has 2 heterocycles. The van der Waals surface area contributed by atoms with Crippen molar-refractivity contribution < 1.29 is 8.42 Å². The number of hydrogen-bond donors (Lipinski definition) is 1. The summed E-state index contributed by atoms with van der Waals surface area (Å²) in [5.41, 5.74) is 3.12. The second-order valence-corrected chi connectivity index (χ2v) is 7.81. The molecule has 0 aliphatic carbocycles. The van der Waals surface area contributed by atoms with Gasteiger partial charge in [0.05, 0.1) is 11.4 Å². The Bertz CT molecular complexity index is 582. The van der Waals surface area contributed by atoms with Gasteiger partial charge in [-0.2, -0.15) is 0 Å². The van der Waals surface area contributed by atoms with Crippen LogP contribution in [0.4, 0.5) is 0 Å². The molecule has 6 heteroatoms. The van der Waals surface area contributed by atoms with E-state index in [1.807, 2.05) is 0 Å². The van der Waals surface area contributed by atoms with Crippen LogP contribution < -0.4 is 5.32 Å². The Hall–Kier alpha value is -1.01. The first-order valence-electron chi connectivity index (χ1n) is 6.60. The molecule has 1 aliphatic heterocycles. The molecule has 106 valence electrons. The maximum absolute atomic E-state index is 11.7. The van der Waals surface area contributed by atoms with Crippen molar-refractivity contribution in [2.75, 3.05) is 12.8 Å². The van der Waals surface area contributed by atoms with Crippen LogP contribution in [0.25, 0.3) is 0 Å². The van der Waals surface area contributed by atoms with E-state index in [9.17, 15) is 8.42 Å². The Morgan fingerprint density at radius 2 is 1.89 bits per heavy atom. The zero-order valence-corrected chi connectivity index (χ0v) is 12.7. The van der Waals surface area contributed by atoms with Gasteiger partial charge >= 0.3 is 0 Å². The Morgan fingerprint density at radius 3 is 2.47 bits per heavy atom. The van der Waals surface area contributed by atoms with Crippen LogP contribution in [0, 0.1) is 0 Å². The molecule has 0 fully saturated rings. The second-order valence-electron chi connectivity index (χ2n) is 5.45.